The molecule has 0 fully saturated rings. The Balaban J connectivity index is 1.38. The zero-order chi connectivity index (χ0) is 36.0. The van der Waals surface area contributed by atoms with E-state index in [-0.39, 0.29) is 5.12 Å². The Kier molecular flexibility index (Phi) is 17.2. The number of thioether (sulfide) groups is 1. The molecule has 0 saturated heterocycles. The molecule has 3 rings (SSSR count). The van der Waals surface area contributed by atoms with Crippen LogP contribution in [0, 0.1) is 0 Å². The summed E-state index contributed by atoms with van der Waals surface area (Å²) in [5.74, 6) is 0.715. The van der Waals surface area contributed by atoms with Gasteiger partial charge in [0.1, 0.15) is 11.5 Å². The van der Waals surface area contributed by atoms with Gasteiger partial charge in [-0.1, -0.05) is 37.4 Å². The van der Waals surface area contributed by atoms with Crippen molar-refractivity contribution in [2.24, 2.45) is 0 Å². The molecular weight excluding hydrogens is 660 g/mol. The summed E-state index contributed by atoms with van der Waals surface area (Å²) < 4.78 is 32.2. The van der Waals surface area contributed by atoms with E-state index < -0.39 is 17.9 Å². The van der Waals surface area contributed by atoms with Crippen molar-refractivity contribution in [3.8, 4) is 23.0 Å². The minimum absolute atomic E-state index is 0.183. The van der Waals surface area contributed by atoms with Gasteiger partial charge in [0.05, 0.1) is 33.5 Å². The van der Waals surface area contributed by atoms with E-state index in [0.717, 1.165) is 41.5 Å². The molecule has 10 nitrogen and oxygen atoms in total. The summed E-state index contributed by atoms with van der Waals surface area (Å²) in [4.78, 5) is 47.7. The van der Waals surface area contributed by atoms with Gasteiger partial charge in [-0.2, -0.15) is 0 Å². The maximum absolute atomic E-state index is 12.6. The minimum atomic E-state index is -0.541. The molecule has 0 spiro atoms. The third-order valence-corrected chi connectivity index (χ3v) is 7.42. The summed E-state index contributed by atoms with van der Waals surface area (Å²) >= 11 is 1.04. The van der Waals surface area contributed by atoms with Crippen molar-refractivity contribution in [2.45, 2.75) is 30.6 Å². The van der Waals surface area contributed by atoms with Crippen molar-refractivity contribution >= 4 is 46.9 Å². The second kappa shape index (κ2) is 22.2. The summed E-state index contributed by atoms with van der Waals surface area (Å²) in [6.45, 7) is 8.24. The van der Waals surface area contributed by atoms with Gasteiger partial charge in [0.15, 0.2) is 11.5 Å². The Morgan fingerprint density at radius 2 is 1.18 bits per heavy atom. The number of ether oxygens (including phenoxy) is 6. The Morgan fingerprint density at radius 3 is 1.80 bits per heavy atom. The van der Waals surface area contributed by atoms with Crippen molar-refractivity contribution in [3.63, 3.8) is 0 Å². The van der Waals surface area contributed by atoms with Crippen molar-refractivity contribution in [1.29, 1.82) is 0 Å². The fraction of sp³-hybridized carbons (Fsp3) is 0.231. The Bertz CT molecular complexity index is 1640. The average Bonchev–Trinajstić information content (AvgIpc) is 3.13. The monoisotopic (exact) mass is 700 g/mol. The Morgan fingerprint density at radius 1 is 0.620 bits per heavy atom. The topological polar surface area (TPSA) is 124 Å². The number of rotatable bonds is 21. The van der Waals surface area contributed by atoms with Crippen LogP contribution in [0.4, 0.5) is 0 Å². The second-order valence-electron chi connectivity index (χ2n) is 10.3. The molecule has 0 unspecified atom stereocenters. The van der Waals surface area contributed by atoms with Crippen LogP contribution in [-0.2, 0) is 28.7 Å². The molecule has 0 amide bonds. The van der Waals surface area contributed by atoms with Gasteiger partial charge >= 0.3 is 17.9 Å². The maximum atomic E-state index is 12.6. The highest BCUT2D eigenvalue weighted by molar-refractivity contribution is 8.14. The normalized spacial score (nSPS) is 10.7. The predicted octanol–water partition coefficient (Wildman–Crippen LogP) is 7.42. The Labute approximate surface area is 296 Å². The molecule has 3 aromatic carbocycles. The fourth-order valence-corrected chi connectivity index (χ4v) is 4.67. The van der Waals surface area contributed by atoms with E-state index in [9.17, 15) is 19.2 Å². The van der Waals surface area contributed by atoms with Gasteiger partial charge in [0.2, 0.25) is 5.12 Å². The van der Waals surface area contributed by atoms with Gasteiger partial charge in [0, 0.05) is 23.1 Å². The molecule has 0 aliphatic carbocycles. The molecule has 262 valence electrons. The number of hydrogen-bond donors (Lipinski definition) is 0. The van der Waals surface area contributed by atoms with E-state index in [1.165, 1.54) is 19.3 Å². The summed E-state index contributed by atoms with van der Waals surface area (Å²) in [5.41, 5.74) is 1.56. The number of unbranched alkanes of at least 4 members (excludes halogenated alkanes) is 2. The van der Waals surface area contributed by atoms with E-state index in [1.54, 1.807) is 60.7 Å². The second-order valence-corrected chi connectivity index (χ2v) is 11.4. The van der Waals surface area contributed by atoms with Gasteiger partial charge in [0.25, 0.3) is 0 Å². The highest BCUT2D eigenvalue weighted by atomic mass is 32.2. The molecule has 0 radical (unpaired) electrons. The first kappa shape index (κ1) is 38.9. The highest BCUT2D eigenvalue weighted by Crippen LogP contribution is 2.29. The van der Waals surface area contributed by atoms with E-state index in [4.69, 9.17) is 28.4 Å². The molecule has 0 aromatic heterocycles. The number of carbonyl (C=O) groups excluding carboxylic acids is 4. The molecule has 0 bridgehead atoms. The van der Waals surface area contributed by atoms with E-state index in [0.29, 0.717) is 73.6 Å². The number of benzene rings is 3. The van der Waals surface area contributed by atoms with Gasteiger partial charge < -0.3 is 28.4 Å². The van der Waals surface area contributed by atoms with Crippen LogP contribution in [0.15, 0.2) is 109 Å². The molecule has 0 aliphatic rings. The van der Waals surface area contributed by atoms with Gasteiger partial charge in [-0.3, -0.25) is 4.79 Å². The summed E-state index contributed by atoms with van der Waals surface area (Å²) in [6, 6.07) is 19.3. The van der Waals surface area contributed by atoms with Crippen LogP contribution < -0.4 is 18.9 Å². The number of carbonyl (C=O) groups is 4. The fourth-order valence-electron chi connectivity index (χ4n) is 4.03. The standard InChI is InChI=1S/C39H40O10S/c1-4-36(40)47-26-8-6-24-45-31-15-10-29(11-16-31)13-22-38(42)49-32-17-19-33(20-18-32)50-39(43)23-14-30-12-21-34(35(28-30)44-3)46-25-7-9-27-48-37(41)5-2/h4-5,10-23,28H,1-2,6-9,24-27H2,3H3. The summed E-state index contributed by atoms with van der Waals surface area (Å²) in [6.07, 6.45) is 11.2. The highest BCUT2D eigenvalue weighted by Gasteiger charge is 2.08. The van der Waals surface area contributed by atoms with Gasteiger partial charge in [-0.15, -0.1) is 0 Å². The lowest BCUT2D eigenvalue weighted by Crippen LogP contribution is -2.05. The maximum Gasteiger partial charge on any atom is 0.336 e. The largest absolute Gasteiger partial charge is 0.494 e. The molecule has 0 aliphatic heterocycles. The predicted molar refractivity (Wildman–Crippen MR) is 192 cm³/mol. The molecule has 0 N–H and O–H groups in total. The third-order valence-electron chi connectivity index (χ3n) is 6.58. The van der Waals surface area contributed by atoms with Crippen LogP contribution in [0.1, 0.15) is 36.8 Å². The SMILES string of the molecule is C=CC(=O)OCCCCOc1ccc(C=CC(=O)Oc2ccc(SC(=O)C=Cc3ccc(OCCCCOC(=O)C=C)c(OC)c3)cc2)cc1. The van der Waals surface area contributed by atoms with Crippen molar-refractivity contribution in [2.75, 3.05) is 33.5 Å². The molecule has 3 aromatic rings. The van der Waals surface area contributed by atoms with Crippen LogP contribution in [0.2, 0.25) is 0 Å². The summed E-state index contributed by atoms with van der Waals surface area (Å²) in [7, 11) is 1.54. The van der Waals surface area contributed by atoms with Gasteiger partial charge in [-0.05, 0) is 109 Å². The number of esters is 3. The van der Waals surface area contributed by atoms with Gasteiger partial charge in [-0.25, -0.2) is 14.4 Å². The lowest BCUT2D eigenvalue weighted by molar-refractivity contribution is -0.138. The lowest BCUT2D eigenvalue weighted by Gasteiger charge is -2.11. The first-order valence-electron chi connectivity index (χ1n) is 15.8. The van der Waals surface area contributed by atoms with E-state index in [2.05, 4.69) is 13.2 Å². The summed E-state index contributed by atoms with van der Waals surface area (Å²) in [5, 5.41) is -0.183. The van der Waals surface area contributed by atoms with E-state index >= 15 is 0 Å². The van der Waals surface area contributed by atoms with Crippen molar-refractivity contribution in [1.82, 2.24) is 0 Å². The lowest BCUT2D eigenvalue weighted by atomic mass is 10.2. The smallest absolute Gasteiger partial charge is 0.336 e. The number of hydrogen-bond acceptors (Lipinski definition) is 11. The molecule has 0 atom stereocenters. The Hall–Kier alpha value is -5.55. The number of methoxy groups -OCH3 is 1. The third kappa shape index (κ3) is 15.1. The molecular formula is C39H40O10S. The van der Waals surface area contributed by atoms with Crippen LogP contribution >= 0.6 is 11.8 Å². The van der Waals surface area contributed by atoms with Crippen molar-refractivity contribution in [3.05, 3.63) is 115 Å². The van der Waals surface area contributed by atoms with Crippen LogP contribution in [0.3, 0.4) is 0 Å². The quantitative estimate of drug-likeness (QED) is 0.0363. The zero-order valence-corrected chi connectivity index (χ0v) is 28.7. The van der Waals surface area contributed by atoms with Crippen LogP contribution in [0.25, 0.3) is 12.2 Å². The average molecular weight is 701 g/mol. The molecule has 11 heteroatoms. The first-order chi connectivity index (χ1) is 24.3. The molecule has 0 heterocycles. The van der Waals surface area contributed by atoms with Crippen molar-refractivity contribution < 1.29 is 47.6 Å². The van der Waals surface area contributed by atoms with Crippen LogP contribution in [-0.4, -0.2) is 56.6 Å². The zero-order valence-electron chi connectivity index (χ0n) is 27.9. The molecule has 50 heavy (non-hydrogen) atoms. The molecule has 0 saturated carbocycles. The van der Waals surface area contributed by atoms with E-state index in [1.807, 2.05) is 18.2 Å². The minimum Gasteiger partial charge on any atom is -0.494 e. The first-order valence-corrected chi connectivity index (χ1v) is 16.6. The van der Waals surface area contributed by atoms with Crippen LogP contribution in [0.5, 0.6) is 23.0 Å².